The number of carbonyl (C=O) groups is 2. The molecule has 0 unspecified atom stereocenters. The largest absolute Gasteiger partial charge is 0.360 e. The van der Waals surface area contributed by atoms with Gasteiger partial charge in [-0.05, 0) is 31.2 Å². The molecular formula is C15H18N4O2S2. The fourth-order valence-corrected chi connectivity index (χ4v) is 3.40. The van der Waals surface area contributed by atoms with Gasteiger partial charge in [0.2, 0.25) is 11.0 Å². The van der Waals surface area contributed by atoms with E-state index in [0.29, 0.717) is 23.4 Å². The molecular weight excluding hydrogens is 332 g/mol. The van der Waals surface area contributed by atoms with E-state index in [0.717, 1.165) is 16.0 Å². The highest BCUT2D eigenvalue weighted by Gasteiger charge is 2.10. The molecule has 0 bridgehead atoms. The molecule has 6 nitrogen and oxygen atoms in total. The minimum Gasteiger partial charge on any atom is -0.360 e. The number of thioether (sulfide) groups is 1. The number of carbonyl (C=O) groups excluding carboxylic acids is 2. The molecule has 0 spiro atoms. The van der Waals surface area contributed by atoms with E-state index < -0.39 is 0 Å². The van der Waals surface area contributed by atoms with E-state index in [4.69, 9.17) is 0 Å². The van der Waals surface area contributed by atoms with E-state index in [1.165, 1.54) is 23.1 Å². The summed E-state index contributed by atoms with van der Waals surface area (Å²) >= 11 is 2.81. The zero-order chi connectivity index (χ0) is 16.7. The number of rotatable bonds is 8. The number of benzene rings is 1. The average Bonchev–Trinajstić information content (AvgIpc) is 3.01. The van der Waals surface area contributed by atoms with Crippen molar-refractivity contribution < 1.29 is 9.59 Å². The van der Waals surface area contributed by atoms with Crippen LogP contribution < -0.4 is 10.6 Å². The van der Waals surface area contributed by atoms with Crippen molar-refractivity contribution in [3.05, 3.63) is 29.8 Å². The SMILES string of the molecule is CCNc1nnc(SCC(=O)c2ccc(NC(=O)CC)cc2)s1. The maximum atomic E-state index is 12.2. The molecule has 0 fully saturated rings. The Morgan fingerprint density at radius 2 is 1.91 bits per heavy atom. The Morgan fingerprint density at radius 1 is 1.17 bits per heavy atom. The number of ketones is 1. The molecule has 2 rings (SSSR count). The van der Waals surface area contributed by atoms with Crippen LogP contribution in [0, 0.1) is 0 Å². The monoisotopic (exact) mass is 350 g/mol. The first-order chi connectivity index (χ1) is 11.1. The van der Waals surface area contributed by atoms with E-state index in [2.05, 4.69) is 20.8 Å². The Bertz CT molecular complexity index is 670. The van der Waals surface area contributed by atoms with E-state index >= 15 is 0 Å². The zero-order valence-corrected chi connectivity index (χ0v) is 14.6. The summed E-state index contributed by atoms with van der Waals surface area (Å²) in [6.07, 6.45) is 0.425. The summed E-state index contributed by atoms with van der Waals surface area (Å²) in [7, 11) is 0. The fraction of sp³-hybridized carbons (Fsp3) is 0.333. The van der Waals surface area contributed by atoms with Crippen LogP contribution in [-0.4, -0.2) is 34.2 Å². The van der Waals surface area contributed by atoms with Gasteiger partial charge >= 0.3 is 0 Å². The normalized spacial score (nSPS) is 10.3. The van der Waals surface area contributed by atoms with Gasteiger partial charge in [0.05, 0.1) is 5.75 Å². The average molecular weight is 350 g/mol. The van der Waals surface area contributed by atoms with Crippen molar-refractivity contribution in [2.24, 2.45) is 0 Å². The topological polar surface area (TPSA) is 84.0 Å². The lowest BCUT2D eigenvalue weighted by Crippen LogP contribution is -2.09. The summed E-state index contributed by atoms with van der Waals surface area (Å²) in [5.74, 6) is 0.275. The van der Waals surface area contributed by atoms with Crippen LogP contribution in [-0.2, 0) is 4.79 Å². The number of Topliss-reactive ketones (excluding diaryl/α,β-unsaturated/α-hetero) is 1. The summed E-state index contributed by atoms with van der Waals surface area (Å²) in [6.45, 7) is 4.57. The molecule has 2 aromatic rings. The summed E-state index contributed by atoms with van der Waals surface area (Å²) < 4.78 is 0.765. The van der Waals surface area contributed by atoms with Gasteiger partial charge in [0.25, 0.3) is 0 Å². The summed E-state index contributed by atoms with van der Waals surface area (Å²) in [6, 6.07) is 6.91. The minimum atomic E-state index is -0.0487. The molecule has 2 N–H and O–H groups in total. The number of nitrogens with one attached hydrogen (secondary N) is 2. The van der Waals surface area contributed by atoms with Crippen LogP contribution in [0.1, 0.15) is 30.6 Å². The van der Waals surface area contributed by atoms with E-state index in [-0.39, 0.29) is 11.7 Å². The van der Waals surface area contributed by atoms with Gasteiger partial charge in [-0.25, -0.2) is 0 Å². The maximum Gasteiger partial charge on any atom is 0.224 e. The second-order valence-electron chi connectivity index (χ2n) is 4.59. The quantitative estimate of drug-likeness (QED) is 0.561. The summed E-state index contributed by atoms with van der Waals surface area (Å²) in [4.78, 5) is 23.5. The molecule has 0 saturated heterocycles. The lowest BCUT2D eigenvalue weighted by Gasteiger charge is -2.04. The van der Waals surface area contributed by atoms with Crippen molar-refractivity contribution >= 4 is 45.6 Å². The van der Waals surface area contributed by atoms with Crippen molar-refractivity contribution in [2.45, 2.75) is 24.6 Å². The molecule has 1 aromatic heterocycles. The van der Waals surface area contributed by atoms with Crippen LogP contribution in [0.2, 0.25) is 0 Å². The van der Waals surface area contributed by atoms with Crippen molar-refractivity contribution in [3.63, 3.8) is 0 Å². The predicted molar refractivity (Wildman–Crippen MR) is 94.5 cm³/mol. The van der Waals surface area contributed by atoms with Gasteiger partial charge in [0.1, 0.15) is 0 Å². The highest BCUT2D eigenvalue weighted by Crippen LogP contribution is 2.26. The Labute approximate surface area is 143 Å². The van der Waals surface area contributed by atoms with Gasteiger partial charge in [0.15, 0.2) is 10.1 Å². The number of anilines is 2. The van der Waals surface area contributed by atoms with Gasteiger partial charge in [-0.3, -0.25) is 9.59 Å². The molecule has 1 heterocycles. The first-order valence-corrected chi connectivity index (χ1v) is 9.05. The molecule has 0 saturated carbocycles. The van der Waals surface area contributed by atoms with E-state index in [1.807, 2.05) is 6.92 Å². The predicted octanol–water partition coefficient (Wildman–Crippen LogP) is 3.29. The third kappa shape index (κ3) is 5.33. The second-order valence-corrected chi connectivity index (χ2v) is 6.79. The lowest BCUT2D eigenvalue weighted by molar-refractivity contribution is -0.115. The number of aromatic nitrogens is 2. The van der Waals surface area contributed by atoms with Crippen LogP contribution in [0.5, 0.6) is 0 Å². The van der Waals surface area contributed by atoms with Crippen LogP contribution in [0.25, 0.3) is 0 Å². The first-order valence-electron chi connectivity index (χ1n) is 7.25. The van der Waals surface area contributed by atoms with Gasteiger partial charge in [-0.15, -0.1) is 10.2 Å². The third-order valence-electron chi connectivity index (χ3n) is 2.87. The molecule has 0 aliphatic rings. The van der Waals surface area contributed by atoms with Crippen LogP contribution in [0.4, 0.5) is 10.8 Å². The molecule has 8 heteroatoms. The van der Waals surface area contributed by atoms with Gasteiger partial charge in [0, 0.05) is 24.2 Å². The second kappa shape index (κ2) is 8.64. The Hall–Kier alpha value is -1.93. The third-order valence-corrected chi connectivity index (χ3v) is 4.89. The minimum absolute atomic E-state index is 0.0172. The molecule has 0 atom stereocenters. The van der Waals surface area contributed by atoms with Gasteiger partial charge in [-0.1, -0.05) is 30.0 Å². The fourth-order valence-electron chi connectivity index (χ4n) is 1.69. The molecule has 0 radical (unpaired) electrons. The highest BCUT2D eigenvalue weighted by atomic mass is 32.2. The molecule has 122 valence electrons. The van der Waals surface area contributed by atoms with Crippen molar-refractivity contribution in [2.75, 3.05) is 22.9 Å². The smallest absolute Gasteiger partial charge is 0.224 e. The molecule has 0 aliphatic carbocycles. The lowest BCUT2D eigenvalue weighted by atomic mass is 10.1. The van der Waals surface area contributed by atoms with Crippen LogP contribution in [0.15, 0.2) is 28.6 Å². The number of nitrogens with zero attached hydrogens (tertiary/aromatic N) is 2. The Balaban J connectivity index is 1.88. The van der Waals surface area contributed by atoms with Crippen molar-refractivity contribution in [1.29, 1.82) is 0 Å². The van der Waals surface area contributed by atoms with Gasteiger partial charge in [-0.2, -0.15) is 0 Å². The zero-order valence-electron chi connectivity index (χ0n) is 13.0. The molecule has 0 aliphatic heterocycles. The van der Waals surface area contributed by atoms with Gasteiger partial charge < -0.3 is 10.6 Å². The maximum absolute atomic E-state index is 12.2. The highest BCUT2D eigenvalue weighted by molar-refractivity contribution is 8.01. The summed E-state index contributed by atoms with van der Waals surface area (Å²) in [5.41, 5.74) is 1.31. The molecule has 1 aromatic carbocycles. The van der Waals surface area contributed by atoms with E-state index in [9.17, 15) is 9.59 Å². The van der Waals surface area contributed by atoms with Crippen LogP contribution in [0.3, 0.4) is 0 Å². The summed E-state index contributed by atoms with van der Waals surface area (Å²) in [5, 5.41) is 14.6. The van der Waals surface area contributed by atoms with Crippen molar-refractivity contribution in [1.82, 2.24) is 10.2 Å². The Kier molecular flexibility index (Phi) is 6.54. The van der Waals surface area contributed by atoms with Crippen LogP contribution >= 0.6 is 23.1 Å². The number of hydrogen-bond acceptors (Lipinski definition) is 7. The first kappa shape index (κ1) is 17.4. The van der Waals surface area contributed by atoms with E-state index in [1.54, 1.807) is 31.2 Å². The van der Waals surface area contributed by atoms with Crippen molar-refractivity contribution in [3.8, 4) is 0 Å². The Morgan fingerprint density at radius 3 is 2.57 bits per heavy atom. The number of amides is 1. The standard InChI is InChI=1S/C15H18N4O2S2/c1-3-13(21)17-11-7-5-10(6-8-11)12(20)9-22-15-19-18-14(23-15)16-4-2/h5-8H,3-4,9H2,1-2H3,(H,16,18)(H,17,21). The molecule has 1 amide bonds. The number of hydrogen-bond donors (Lipinski definition) is 2. The molecule has 23 heavy (non-hydrogen) atoms.